The van der Waals surface area contributed by atoms with Gasteiger partial charge in [-0.3, -0.25) is 9.59 Å². The van der Waals surface area contributed by atoms with Gasteiger partial charge in [-0.1, -0.05) is 30.3 Å². The van der Waals surface area contributed by atoms with E-state index in [1.807, 2.05) is 36.4 Å². The number of carbonyl (C=O) groups excluding carboxylic acids is 2. The summed E-state index contributed by atoms with van der Waals surface area (Å²) in [5.74, 6) is 1.19. The lowest BCUT2D eigenvalue weighted by atomic mass is 9.90. The average Bonchev–Trinajstić information content (AvgIpc) is 3.35. The molecule has 7 nitrogen and oxygen atoms in total. The van der Waals surface area contributed by atoms with Gasteiger partial charge in [0, 0.05) is 26.6 Å². The second kappa shape index (κ2) is 10.7. The van der Waals surface area contributed by atoms with Gasteiger partial charge in [0.15, 0.2) is 11.5 Å². The summed E-state index contributed by atoms with van der Waals surface area (Å²) in [4.78, 5) is 26.8. The Bertz CT molecular complexity index is 986. The van der Waals surface area contributed by atoms with Gasteiger partial charge < -0.3 is 24.4 Å². The fourth-order valence-electron chi connectivity index (χ4n) is 4.60. The Morgan fingerprint density at radius 2 is 2.03 bits per heavy atom. The van der Waals surface area contributed by atoms with Gasteiger partial charge in [0.1, 0.15) is 6.61 Å². The predicted octanol–water partition coefficient (Wildman–Crippen LogP) is 3.41. The van der Waals surface area contributed by atoms with E-state index in [-0.39, 0.29) is 30.4 Å². The van der Waals surface area contributed by atoms with E-state index < -0.39 is 0 Å². The monoisotopic (exact) mass is 452 g/mol. The number of benzene rings is 2. The maximum Gasteiger partial charge on any atom is 0.222 e. The summed E-state index contributed by atoms with van der Waals surface area (Å²) < 4.78 is 17.0. The van der Waals surface area contributed by atoms with E-state index in [2.05, 4.69) is 11.4 Å². The summed E-state index contributed by atoms with van der Waals surface area (Å²) in [5, 5.41) is 2.99. The van der Waals surface area contributed by atoms with Crippen LogP contribution in [0.2, 0.25) is 0 Å². The van der Waals surface area contributed by atoms with Crippen LogP contribution < -0.4 is 14.8 Å². The average molecular weight is 453 g/mol. The first-order chi connectivity index (χ1) is 16.0. The molecule has 33 heavy (non-hydrogen) atoms. The Morgan fingerprint density at radius 3 is 2.79 bits per heavy atom. The molecule has 0 spiro atoms. The third kappa shape index (κ3) is 5.66. The summed E-state index contributed by atoms with van der Waals surface area (Å²) in [7, 11) is 1.60. The van der Waals surface area contributed by atoms with Gasteiger partial charge in [-0.25, -0.2) is 0 Å². The highest BCUT2D eigenvalue weighted by Crippen LogP contribution is 2.32. The van der Waals surface area contributed by atoms with Crippen molar-refractivity contribution < 1.29 is 23.8 Å². The van der Waals surface area contributed by atoms with Gasteiger partial charge in [-0.15, -0.1) is 0 Å². The summed E-state index contributed by atoms with van der Waals surface area (Å²) in [6.07, 6.45) is 3.26. The first kappa shape index (κ1) is 23.1. The molecule has 0 aromatic heterocycles. The maximum absolute atomic E-state index is 12.8. The standard InChI is InChI=1S/C26H32N2O5/c1-18(29)28-12-11-20-6-3-4-8-22(20)23(28)15-26(30)27-16-19-9-10-24(25(14-19)31-2)33-17-21-7-5-13-32-21/h3-4,6,8-10,14,21,23H,5,7,11-13,15-17H2,1-2H3,(H,27,30). The second-order valence-corrected chi connectivity index (χ2v) is 8.59. The van der Waals surface area contributed by atoms with E-state index in [9.17, 15) is 9.59 Å². The topological polar surface area (TPSA) is 77.1 Å². The van der Waals surface area contributed by atoms with Crippen LogP contribution in [0.15, 0.2) is 42.5 Å². The number of carbonyl (C=O) groups is 2. The van der Waals surface area contributed by atoms with Crippen molar-refractivity contribution in [2.24, 2.45) is 0 Å². The molecule has 2 amide bonds. The first-order valence-corrected chi connectivity index (χ1v) is 11.6. The number of amides is 2. The number of hydrogen-bond donors (Lipinski definition) is 1. The van der Waals surface area contributed by atoms with Crippen LogP contribution in [-0.4, -0.2) is 49.7 Å². The van der Waals surface area contributed by atoms with Gasteiger partial charge >= 0.3 is 0 Å². The zero-order valence-electron chi connectivity index (χ0n) is 19.3. The fourth-order valence-corrected chi connectivity index (χ4v) is 4.60. The quantitative estimate of drug-likeness (QED) is 0.664. The highest BCUT2D eigenvalue weighted by Gasteiger charge is 2.30. The molecular weight excluding hydrogens is 420 g/mol. The molecule has 0 bridgehead atoms. The molecule has 2 atom stereocenters. The van der Waals surface area contributed by atoms with Crippen LogP contribution in [0.3, 0.4) is 0 Å². The molecule has 176 valence electrons. The lowest BCUT2D eigenvalue weighted by Gasteiger charge is -2.36. The number of methoxy groups -OCH3 is 1. The van der Waals surface area contributed by atoms with Gasteiger partial charge in [0.25, 0.3) is 0 Å². The van der Waals surface area contributed by atoms with E-state index in [0.717, 1.165) is 37.0 Å². The molecule has 7 heteroatoms. The molecule has 1 saturated heterocycles. The van der Waals surface area contributed by atoms with E-state index >= 15 is 0 Å². The SMILES string of the molecule is COc1cc(CNC(=O)CC2c3ccccc3CCN2C(C)=O)ccc1OCC1CCCO1. The zero-order chi connectivity index (χ0) is 23.2. The molecular formula is C26H32N2O5. The van der Waals surface area contributed by atoms with Crippen molar-refractivity contribution in [3.8, 4) is 11.5 Å². The molecule has 2 aliphatic rings. The molecule has 4 rings (SSSR count). The Labute approximate surface area is 195 Å². The highest BCUT2D eigenvalue weighted by molar-refractivity contribution is 5.79. The lowest BCUT2D eigenvalue weighted by Crippen LogP contribution is -2.41. The molecule has 1 fully saturated rings. The van der Waals surface area contributed by atoms with Crippen molar-refractivity contribution in [2.75, 3.05) is 26.9 Å². The largest absolute Gasteiger partial charge is 0.493 e. The number of ether oxygens (including phenoxy) is 3. The summed E-state index contributed by atoms with van der Waals surface area (Å²) in [5.41, 5.74) is 3.18. The minimum Gasteiger partial charge on any atom is -0.493 e. The van der Waals surface area contributed by atoms with E-state index in [1.54, 1.807) is 18.9 Å². The van der Waals surface area contributed by atoms with Crippen molar-refractivity contribution in [3.63, 3.8) is 0 Å². The van der Waals surface area contributed by atoms with Crippen LogP contribution in [0.4, 0.5) is 0 Å². The van der Waals surface area contributed by atoms with Gasteiger partial charge in [0.2, 0.25) is 11.8 Å². The lowest BCUT2D eigenvalue weighted by molar-refractivity contribution is -0.133. The van der Waals surface area contributed by atoms with Crippen LogP contribution in [0.25, 0.3) is 0 Å². The Balaban J connectivity index is 1.36. The van der Waals surface area contributed by atoms with Gasteiger partial charge in [0.05, 0.1) is 25.7 Å². The van der Waals surface area contributed by atoms with Crippen molar-refractivity contribution >= 4 is 11.8 Å². The van der Waals surface area contributed by atoms with Crippen LogP contribution in [0, 0.1) is 0 Å². The Hall–Kier alpha value is -3.06. The van der Waals surface area contributed by atoms with Crippen molar-refractivity contribution in [1.82, 2.24) is 10.2 Å². The fraction of sp³-hybridized carbons (Fsp3) is 0.462. The molecule has 0 radical (unpaired) electrons. The van der Waals surface area contributed by atoms with Crippen LogP contribution in [0.1, 0.15) is 48.9 Å². The predicted molar refractivity (Wildman–Crippen MR) is 124 cm³/mol. The van der Waals surface area contributed by atoms with Crippen molar-refractivity contribution in [3.05, 3.63) is 59.2 Å². The molecule has 0 saturated carbocycles. The van der Waals surface area contributed by atoms with Crippen molar-refractivity contribution in [1.29, 1.82) is 0 Å². The van der Waals surface area contributed by atoms with Gasteiger partial charge in [-0.05, 0) is 48.1 Å². The Morgan fingerprint density at radius 1 is 1.18 bits per heavy atom. The zero-order valence-corrected chi connectivity index (χ0v) is 19.3. The molecule has 2 aliphatic heterocycles. The van der Waals surface area contributed by atoms with Crippen LogP contribution >= 0.6 is 0 Å². The molecule has 1 N–H and O–H groups in total. The van der Waals surface area contributed by atoms with E-state index in [1.165, 1.54) is 5.56 Å². The maximum atomic E-state index is 12.8. The molecule has 2 unspecified atom stereocenters. The number of hydrogen-bond acceptors (Lipinski definition) is 5. The second-order valence-electron chi connectivity index (χ2n) is 8.59. The number of nitrogens with one attached hydrogen (secondary N) is 1. The summed E-state index contributed by atoms with van der Waals surface area (Å²) in [6, 6.07) is 13.5. The summed E-state index contributed by atoms with van der Waals surface area (Å²) in [6.45, 7) is 3.86. The number of fused-ring (bicyclic) bond motifs is 1. The third-order valence-corrected chi connectivity index (χ3v) is 6.36. The van der Waals surface area contributed by atoms with E-state index in [0.29, 0.717) is 31.2 Å². The summed E-state index contributed by atoms with van der Waals surface area (Å²) >= 11 is 0. The normalized spacial score (nSPS) is 19.6. The van der Waals surface area contributed by atoms with Gasteiger partial charge in [-0.2, -0.15) is 0 Å². The van der Waals surface area contributed by atoms with Crippen molar-refractivity contribution in [2.45, 2.75) is 51.3 Å². The molecule has 0 aliphatic carbocycles. The molecule has 2 aromatic rings. The van der Waals surface area contributed by atoms with Crippen LogP contribution in [-0.2, 0) is 27.3 Å². The molecule has 2 heterocycles. The Kier molecular flexibility index (Phi) is 7.50. The number of nitrogens with zero attached hydrogens (tertiary/aromatic N) is 1. The van der Waals surface area contributed by atoms with Crippen LogP contribution in [0.5, 0.6) is 11.5 Å². The minimum absolute atomic E-state index is 0.00867. The first-order valence-electron chi connectivity index (χ1n) is 11.6. The van der Waals surface area contributed by atoms with E-state index in [4.69, 9.17) is 14.2 Å². The number of rotatable bonds is 8. The highest BCUT2D eigenvalue weighted by atomic mass is 16.5. The molecule has 2 aromatic carbocycles. The minimum atomic E-state index is -0.240. The third-order valence-electron chi connectivity index (χ3n) is 6.36. The smallest absolute Gasteiger partial charge is 0.222 e.